The van der Waals surface area contributed by atoms with Crippen LogP contribution in [0.4, 0.5) is 10.2 Å². The molecule has 5 nitrogen and oxygen atoms in total. The van der Waals surface area contributed by atoms with Crippen molar-refractivity contribution in [3.63, 3.8) is 0 Å². The van der Waals surface area contributed by atoms with Gasteiger partial charge in [0.2, 0.25) is 0 Å². The van der Waals surface area contributed by atoms with E-state index in [4.69, 9.17) is 10.00 Å². The van der Waals surface area contributed by atoms with Gasteiger partial charge in [-0.2, -0.15) is 5.26 Å². The van der Waals surface area contributed by atoms with E-state index in [2.05, 4.69) is 21.3 Å². The van der Waals surface area contributed by atoms with Crippen LogP contribution in [0.5, 0.6) is 5.75 Å². The van der Waals surface area contributed by atoms with E-state index in [-0.39, 0.29) is 5.82 Å². The number of ether oxygens (including phenoxy) is 1. The molecule has 0 saturated carbocycles. The SMILES string of the molecule is COc1ccc(F)cc1CN1CC[C@@H](CNc2ccc(C#N)cn2)C1. The number of anilines is 1. The summed E-state index contributed by atoms with van der Waals surface area (Å²) in [6.07, 6.45) is 2.65. The second kappa shape index (κ2) is 7.95. The van der Waals surface area contributed by atoms with E-state index in [1.54, 1.807) is 31.5 Å². The number of aromatic nitrogens is 1. The van der Waals surface area contributed by atoms with Crippen molar-refractivity contribution in [1.29, 1.82) is 5.26 Å². The van der Waals surface area contributed by atoms with Gasteiger partial charge < -0.3 is 10.1 Å². The Morgan fingerprint density at radius 2 is 2.28 bits per heavy atom. The van der Waals surface area contributed by atoms with Crippen molar-refractivity contribution in [2.75, 3.05) is 32.1 Å². The summed E-state index contributed by atoms with van der Waals surface area (Å²) < 4.78 is 18.8. The number of methoxy groups -OCH3 is 1. The Balaban J connectivity index is 1.52. The fourth-order valence-electron chi connectivity index (χ4n) is 3.15. The van der Waals surface area contributed by atoms with Crippen molar-refractivity contribution in [3.05, 3.63) is 53.5 Å². The summed E-state index contributed by atoms with van der Waals surface area (Å²) in [5, 5.41) is 12.1. The van der Waals surface area contributed by atoms with Gasteiger partial charge in [0.05, 0.1) is 12.7 Å². The van der Waals surface area contributed by atoms with Crippen LogP contribution in [0, 0.1) is 23.1 Å². The Morgan fingerprint density at radius 3 is 3.00 bits per heavy atom. The van der Waals surface area contributed by atoms with Crippen molar-refractivity contribution >= 4 is 5.82 Å². The molecule has 1 aliphatic heterocycles. The maximum atomic E-state index is 13.5. The summed E-state index contributed by atoms with van der Waals surface area (Å²) in [4.78, 5) is 6.54. The van der Waals surface area contributed by atoms with E-state index in [0.717, 1.165) is 43.2 Å². The highest BCUT2D eigenvalue weighted by atomic mass is 19.1. The lowest BCUT2D eigenvalue weighted by Gasteiger charge is -2.18. The molecule has 6 heteroatoms. The number of likely N-dealkylation sites (tertiary alicyclic amines) is 1. The first kappa shape index (κ1) is 17.2. The van der Waals surface area contributed by atoms with Crippen LogP contribution < -0.4 is 10.1 Å². The molecule has 1 aromatic heterocycles. The second-order valence-corrected chi connectivity index (χ2v) is 6.27. The zero-order chi connectivity index (χ0) is 17.6. The monoisotopic (exact) mass is 340 g/mol. The van der Waals surface area contributed by atoms with Crippen molar-refractivity contribution in [2.45, 2.75) is 13.0 Å². The molecule has 0 spiro atoms. The molecule has 1 aromatic carbocycles. The molecule has 1 fully saturated rings. The predicted molar refractivity (Wildman–Crippen MR) is 93.8 cm³/mol. The number of nitriles is 1. The van der Waals surface area contributed by atoms with Crippen LogP contribution in [-0.2, 0) is 6.54 Å². The lowest BCUT2D eigenvalue weighted by molar-refractivity contribution is 0.309. The van der Waals surface area contributed by atoms with Crippen molar-refractivity contribution in [2.24, 2.45) is 5.92 Å². The normalized spacial score (nSPS) is 17.2. The van der Waals surface area contributed by atoms with Gasteiger partial charge >= 0.3 is 0 Å². The first-order valence-corrected chi connectivity index (χ1v) is 8.32. The largest absolute Gasteiger partial charge is 0.496 e. The van der Waals surface area contributed by atoms with Gasteiger partial charge in [-0.15, -0.1) is 0 Å². The minimum atomic E-state index is -0.236. The summed E-state index contributed by atoms with van der Waals surface area (Å²) in [5.74, 6) is 1.78. The van der Waals surface area contributed by atoms with Gasteiger partial charge in [0.25, 0.3) is 0 Å². The Kier molecular flexibility index (Phi) is 5.46. The molecule has 25 heavy (non-hydrogen) atoms. The van der Waals surface area contributed by atoms with Gasteiger partial charge in [-0.05, 0) is 49.2 Å². The van der Waals surface area contributed by atoms with Crippen LogP contribution >= 0.6 is 0 Å². The summed E-state index contributed by atoms with van der Waals surface area (Å²) in [5.41, 5.74) is 1.44. The minimum Gasteiger partial charge on any atom is -0.496 e. The zero-order valence-corrected chi connectivity index (χ0v) is 14.2. The lowest BCUT2D eigenvalue weighted by Crippen LogP contribution is -2.23. The highest BCUT2D eigenvalue weighted by molar-refractivity contribution is 5.39. The van der Waals surface area contributed by atoms with Crippen LogP contribution in [0.15, 0.2) is 36.5 Å². The maximum absolute atomic E-state index is 13.5. The van der Waals surface area contributed by atoms with Gasteiger partial charge in [0.1, 0.15) is 23.5 Å². The first-order chi connectivity index (χ1) is 12.2. The lowest BCUT2D eigenvalue weighted by atomic mass is 10.1. The first-order valence-electron chi connectivity index (χ1n) is 8.32. The summed E-state index contributed by atoms with van der Waals surface area (Å²) in [6, 6.07) is 10.3. The molecule has 0 unspecified atom stereocenters. The predicted octanol–water partition coefficient (Wildman–Crippen LogP) is 3.03. The van der Waals surface area contributed by atoms with E-state index < -0.39 is 0 Å². The Hall–Kier alpha value is -2.65. The number of nitrogens with zero attached hydrogens (tertiary/aromatic N) is 3. The topological polar surface area (TPSA) is 61.2 Å². The van der Waals surface area contributed by atoms with Crippen molar-refractivity contribution < 1.29 is 9.13 Å². The molecule has 0 bridgehead atoms. The number of hydrogen-bond acceptors (Lipinski definition) is 5. The summed E-state index contributed by atoms with van der Waals surface area (Å²) >= 11 is 0. The number of hydrogen-bond donors (Lipinski definition) is 1. The third kappa shape index (κ3) is 4.46. The Morgan fingerprint density at radius 1 is 1.40 bits per heavy atom. The molecule has 1 saturated heterocycles. The molecule has 0 aliphatic carbocycles. The molecule has 0 radical (unpaired) electrons. The van der Waals surface area contributed by atoms with Gasteiger partial charge in [0.15, 0.2) is 0 Å². The number of pyridine rings is 1. The van der Waals surface area contributed by atoms with Crippen LogP contribution in [0.1, 0.15) is 17.5 Å². The fourth-order valence-corrected chi connectivity index (χ4v) is 3.15. The van der Waals surface area contributed by atoms with E-state index in [1.807, 2.05) is 6.07 Å². The van der Waals surface area contributed by atoms with Gasteiger partial charge in [0, 0.05) is 31.4 Å². The van der Waals surface area contributed by atoms with E-state index >= 15 is 0 Å². The van der Waals surface area contributed by atoms with Gasteiger partial charge in [-0.3, -0.25) is 4.90 Å². The van der Waals surface area contributed by atoms with E-state index in [0.29, 0.717) is 18.0 Å². The highest BCUT2D eigenvalue weighted by Crippen LogP contribution is 2.25. The average molecular weight is 340 g/mol. The molecule has 2 aromatic rings. The van der Waals surface area contributed by atoms with Crippen LogP contribution in [0.25, 0.3) is 0 Å². The van der Waals surface area contributed by atoms with E-state index in [1.165, 1.54) is 6.07 Å². The maximum Gasteiger partial charge on any atom is 0.125 e. The number of nitrogens with one attached hydrogen (secondary N) is 1. The molecule has 1 N–H and O–H groups in total. The third-order valence-electron chi connectivity index (χ3n) is 4.47. The fraction of sp³-hybridized carbons (Fsp3) is 0.368. The number of halogens is 1. The molecule has 0 amide bonds. The van der Waals surface area contributed by atoms with Gasteiger partial charge in [-0.25, -0.2) is 9.37 Å². The van der Waals surface area contributed by atoms with Gasteiger partial charge in [-0.1, -0.05) is 0 Å². The highest BCUT2D eigenvalue weighted by Gasteiger charge is 2.23. The Labute approximate surface area is 147 Å². The molecule has 1 aliphatic rings. The second-order valence-electron chi connectivity index (χ2n) is 6.27. The zero-order valence-electron chi connectivity index (χ0n) is 14.2. The summed E-state index contributed by atoms with van der Waals surface area (Å²) in [6.45, 7) is 3.44. The molecular weight excluding hydrogens is 319 g/mol. The van der Waals surface area contributed by atoms with Crippen LogP contribution in [0.3, 0.4) is 0 Å². The quantitative estimate of drug-likeness (QED) is 0.876. The smallest absolute Gasteiger partial charge is 0.125 e. The number of benzene rings is 1. The minimum absolute atomic E-state index is 0.236. The van der Waals surface area contributed by atoms with Crippen molar-refractivity contribution in [3.8, 4) is 11.8 Å². The molecular formula is C19H21FN4O. The molecule has 1 atom stereocenters. The number of rotatable bonds is 6. The molecule has 130 valence electrons. The summed E-state index contributed by atoms with van der Waals surface area (Å²) in [7, 11) is 1.61. The third-order valence-corrected chi connectivity index (χ3v) is 4.47. The standard InChI is InChI=1S/C19H21FN4O/c1-25-18-4-3-17(20)8-16(18)13-24-7-6-15(12-24)11-23-19-5-2-14(9-21)10-22-19/h2-5,8,10,15H,6-7,11-13H2,1H3,(H,22,23)/t15-/m0/s1. The Bertz CT molecular complexity index is 757. The van der Waals surface area contributed by atoms with Crippen LogP contribution in [0.2, 0.25) is 0 Å². The van der Waals surface area contributed by atoms with Crippen LogP contribution in [-0.4, -0.2) is 36.6 Å². The average Bonchev–Trinajstić information content (AvgIpc) is 3.08. The van der Waals surface area contributed by atoms with Crippen molar-refractivity contribution in [1.82, 2.24) is 9.88 Å². The molecule has 3 rings (SSSR count). The van der Waals surface area contributed by atoms with E-state index in [9.17, 15) is 4.39 Å². The molecule has 2 heterocycles.